The molecule has 3 N–H and O–H groups in total. The van der Waals surface area contributed by atoms with Gasteiger partial charge in [0.2, 0.25) is 5.91 Å². The highest BCUT2D eigenvalue weighted by molar-refractivity contribution is 6.09. The molecule has 1 aliphatic carbocycles. The average molecular weight is 415 g/mol. The minimum atomic E-state index is -0.801. The molecule has 2 aliphatic heterocycles. The molecule has 3 fully saturated rings. The van der Waals surface area contributed by atoms with Crippen molar-refractivity contribution in [1.82, 2.24) is 20.9 Å². The molecule has 0 radical (unpaired) electrons. The molecule has 3 aliphatic rings. The molecule has 1 saturated carbocycles. The van der Waals surface area contributed by atoms with E-state index in [1.54, 1.807) is 0 Å². The maximum absolute atomic E-state index is 13.0. The molecular formula is C20H35ClN4O3. The lowest BCUT2D eigenvalue weighted by Crippen LogP contribution is -2.51. The van der Waals surface area contributed by atoms with E-state index in [0.29, 0.717) is 31.3 Å². The molecule has 0 bridgehead atoms. The summed E-state index contributed by atoms with van der Waals surface area (Å²) in [5.41, 5.74) is -0.550. The largest absolute Gasteiger partial charge is 0.353 e. The highest BCUT2D eigenvalue weighted by Gasteiger charge is 2.53. The zero-order valence-corrected chi connectivity index (χ0v) is 18.1. The molecule has 28 heavy (non-hydrogen) atoms. The Balaban J connectivity index is 0.00000280. The Kier molecular flexibility index (Phi) is 7.37. The zero-order chi connectivity index (χ0) is 19.7. The first-order chi connectivity index (χ1) is 12.8. The van der Waals surface area contributed by atoms with Crippen LogP contribution in [-0.2, 0) is 9.59 Å². The minimum Gasteiger partial charge on any atom is -0.353 e. The molecule has 0 aromatic heterocycles. The normalized spacial score (nSPS) is 30.3. The summed E-state index contributed by atoms with van der Waals surface area (Å²) in [5.74, 6) is 0.0635. The fraction of sp³-hybridized carbons (Fsp3) is 0.850. The van der Waals surface area contributed by atoms with Gasteiger partial charge in [-0.15, -0.1) is 12.4 Å². The molecule has 8 heteroatoms. The number of hydrogen-bond acceptors (Lipinski definition) is 4. The van der Waals surface area contributed by atoms with Crippen LogP contribution in [0.2, 0.25) is 0 Å². The number of nitrogens with zero attached hydrogens (tertiary/aromatic N) is 1. The third-order valence-corrected chi connectivity index (χ3v) is 7.11. The third kappa shape index (κ3) is 4.62. The first kappa shape index (κ1) is 22.9. The van der Waals surface area contributed by atoms with Crippen molar-refractivity contribution in [2.45, 2.75) is 77.3 Å². The summed E-state index contributed by atoms with van der Waals surface area (Å²) < 4.78 is 0. The molecule has 0 aromatic rings. The van der Waals surface area contributed by atoms with Gasteiger partial charge in [0.1, 0.15) is 12.1 Å². The second-order valence-electron chi connectivity index (χ2n) is 9.12. The monoisotopic (exact) mass is 414 g/mol. The van der Waals surface area contributed by atoms with Crippen LogP contribution in [0.25, 0.3) is 0 Å². The predicted octanol–water partition coefficient (Wildman–Crippen LogP) is 2.19. The van der Waals surface area contributed by atoms with Crippen molar-refractivity contribution < 1.29 is 14.4 Å². The van der Waals surface area contributed by atoms with E-state index in [9.17, 15) is 14.4 Å². The standard InChI is InChI=1S/C20H34N4O3.ClH/c1-4-19(2,3)14-7-9-20(10-8-14)17(26)24(18(27)23-20)13-16(25)22-12-15-6-5-11-21-15;/h14-15,21H,4-13H2,1-3H3,(H,22,25)(H,23,27);1H. The number of imide groups is 1. The number of nitrogens with one attached hydrogen (secondary N) is 3. The van der Waals surface area contributed by atoms with E-state index in [4.69, 9.17) is 0 Å². The van der Waals surface area contributed by atoms with E-state index in [2.05, 4.69) is 36.7 Å². The molecule has 1 unspecified atom stereocenters. The highest BCUT2D eigenvalue weighted by Crippen LogP contribution is 2.45. The first-order valence-corrected chi connectivity index (χ1v) is 10.4. The highest BCUT2D eigenvalue weighted by atomic mass is 35.5. The van der Waals surface area contributed by atoms with Gasteiger partial charge in [0, 0.05) is 12.6 Å². The van der Waals surface area contributed by atoms with Crippen LogP contribution in [0.15, 0.2) is 0 Å². The molecule has 1 atom stereocenters. The van der Waals surface area contributed by atoms with Gasteiger partial charge in [0.05, 0.1) is 0 Å². The fourth-order valence-electron chi connectivity index (χ4n) is 4.71. The van der Waals surface area contributed by atoms with Gasteiger partial charge in [-0.05, 0) is 56.4 Å². The van der Waals surface area contributed by atoms with Gasteiger partial charge in [-0.1, -0.05) is 27.2 Å². The van der Waals surface area contributed by atoms with E-state index in [1.807, 2.05) is 0 Å². The van der Waals surface area contributed by atoms with E-state index < -0.39 is 11.6 Å². The van der Waals surface area contributed by atoms with Crippen LogP contribution >= 0.6 is 12.4 Å². The fourth-order valence-corrected chi connectivity index (χ4v) is 4.71. The quantitative estimate of drug-likeness (QED) is 0.581. The average Bonchev–Trinajstić information content (AvgIpc) is 3.24. The number of hydrogen-bond donors (Lipinski definition) is 3. The Morgan fingerprint density at radius 2 is 1.93 bits per heavy atom. The molecule has 3 rings (SSSR count). The summed E-state index contributed by atoms with van der Waals surface area (Å²) in [4.78, 5) is 38.7. The van der Waals surface area contributed by atoms with Crippen LogP contribution < -0.4 is 16.0 Å². The number of urea groups is 1. The molecule has 160 valence electrons. The van der Waals surface area contributed by atoms with Gasteiger partial charge >= 0.3 is 6.03 Å². The van der Waals surface area contributed by atoms with E-state index in [-0.39, 0.29) is 36.2 Å². The Morgan fingerprint density at radius 3 is 2.50 bits per heavy atom. The minimum absolute atomic E-state index is 0. The van der Waals surface area contributed by atoms with Crippen LogP contribution in [-0.4, -0.2) is 54.0 Å². The lowest BCUT2D eigenvalue weighted by Gasteiger charge is -2.42. The molecule has 2 saturated heterocycles. The van der Waals surface area contributed by atoms with Crippen molar-refractivity contribution in [3.8, 4) is 0 Å². The Bertz CT molecular complexity index is 596. The molecule has 2 heterocycles. The first-order valence-electron chi connectivity index (χ1n) is 10.4. The van der Waals surface area contributed by atoms with Gasteiger partial charge in [-0.3, -0.25) is 14.5 Å². The summed E-state index contributed by atoms with van der Waals surface area (Å²) in [6, 6.07) is -0.136. The summed E-state index contributed by atoms with van der Waals surface area (Å²) in [5, 5.41) is 9.07. The Morgan fingerprint density at radius 1 is 1.25 bits per heavy atom. The number of amides is 4. The molecule has 0 aromatic carbocycles. The van der Waals surface area contributed by atoms with Crippen LogP contribution in [0.5, 0.6) is 0 Å². The maximum Gasteiger partial charge on any atom is 0.325 e. The molecule has 4 amide bonds. The second kappa shape index (κ2) is 8.99. The van der Waals surface area contributed by atoms with Crippen molar-refractivity contribution in [3.05, 3.63) is 0 Å². The van der Waals surface area contributed by atoms with Crippen LogP contribution in [0.3, 0.4) is 0 Å². The summed E-state index contributed by atoms with van der Waals surface area (Å²) in [6.07, 6.45) is 6.45. The van der Waals surface area contributed by atoms with Gasteiger partial charge in [0.25, 0.3) is 5.91 Å². The van der Waals surface area contributed by atoms with Gasteiger partial charge in [-0.25, -0.2) is 4.79 Å². The maximum atomic E-state index is 13.0. The number of rotatable bonds is 6. The third-order valence-electron chi connectivity index (χ3n) is 7.11. The smallest absolute Gasteiger partial charge is 0.325 e. The lowest BCUT2D eigenvalue weighted by molar-refractivity contribution is -0.136. The number of carbonyl (C=O) groups excluding carboxylic acids is 3. The van der Waals surface area contributed by atoms with E-state index in [1.165, 1.54) is 0 Å². The van der Waals surface area contributed by atoms with Crippen molar-refractivity contribution >= 4 is 30.3 Å². The van der Waals surface area contributed by atoms with Crippen molar-refractivity contribution in [3.63, 3.8) is 0 Å². The second-order valence-corrected chi connectivity index (χ2v) is 9.12. The lowest BCUT2D eigenvalue weighted by atomic mass is 9.65. The topological polar surface area (TPSA) is 90.5 Å². The van der Waals surface area contributed by atoms with Crippen LogP contribution in [0.1, 0.15) is 65.7 Å². The predicted molar refractivity (Wildman–Crippen MR) is 110 cm³/mol. The summed E-state index contributed by atoms with van der Waals surface area (Å²) in [6.45, 7) is 8.09. The van der Waals surface area contributed by atoms with E-state index >= 15 is 0 Å². The van der Waals surface area contributed by atoms with Crippen LogP contribution in [0, 0.1) is 11.3 Å². The zero-order valence-electron chi connectivity index (χ0n) is 17.3. The summed E-state index contributed by atoms with van der Waals surface area (Å²) >= 11 is 0. The Labute approximate surface area is 174 Å². The van der Waals surface area contributed by atoms with E-state index in [0.717, 1.165) is 43.5 Å². The molecular weight excluding hydrogens is 380 g/mol. The van der Waals surface area contributed by atoms with Gasteiger partial charge < -0.3 is 16.0 Å². The van der Waals surface area contributed by atoms with Crippen molar-refractivity contribution in [1.29, 1.82) is 0 Å². The van der Waals surface area contributed by atoms with Crippen molar-refractivity contribution in [2.24, 2.45) is 11.3 Å². The van der Waals surface area contributed by atoms with Gasteiger partial charge in [0.15, 0.2) is 0 Å². The van der Waals surface area contributed by atoms with Crippen molar-refractivity contribution in [2.75, 3.05) is 19.6 Å². The Hall–Kier alpha value is -1.34. The van der Waals surface area contributed by atoms with Crippen LogP contribution in [0.4, 0.5) is 4.79 Å². The number of halogens is 1. The SMILES string of the molecule is CCC(C)(C)C1CCC2(CC1)NC(=O)N(CC(=O)NCC1CCCN1)C2=O.Cl. The summed E-state index contributed by atoms with van der Waals surface area (Å²) in [7, 11) is 0. The molecule has 1 spiro atoms. The molecule has 7 nitrogen and oxygen atoms in total. The number of carbonyl (C=O) groups is 3. The van der Waals surface area contributed by atoms with Gasteiger partial charge in [-0.2, -0.15) is 0 Å².